The van der Waals surface area contributed by atoms with Gasteiger partial charge in [-0.2, -0.15) is 0 Å². The molecule has 4 nitrogen and oxygen atoms in total. The molecule has 2 aromatic rings. The topological polar surface area (TPSA) is 55.4 Å². The van der Waals surface area contributed by atoms with Crippen LogP contribution < -0.4 is 5.32 Å². The van der Waals surface area contributed by atoms with E-state index in [-0.39, 0.29) is 11.7 Å². The minimum atomic E-state index is -0.457. The van der Waals surface area contributed by atoms with E-state index in [1.807, 2.05) is 55.5 Å². The van der Waals surface area contributed by atoms with Gasteiger partial charge in [0.15, 0.2) is 5.78 Å². The van der Waals surface area contributed by atoms with Crippen LogP contribution in [0.4, 0.5) is 0 Å². The largest absolute Gasteiger partial charge is 0.466 e. The molecule has 0 unspecified atom stereocenters. The highest BCUT2D eigenvalue weighted by molar-refractivity contribution is 9.10. The van der Waals surface area contributed by atoms with Gasteiger partial charge in [-0.1, -0.05) is 57.9 Å². The highest BCUT2D eigenvalue weighted by Crippen LogP contribution is 2.46. The second-order valence-corrected chi connectivity index (χ2v) is 8.90. The summed E-state index contributed by atoms with van der Waals surface area (Å²) < 4.78 is 5.99. The lowest BCUT2D eigenvalue weighted by molar-refractivity contribution is -0.136. The molecule has 1 heterocycles. The summed E-state index contributed by atoms with van der Waals surface area (Å²) in [6.45, 7) is 1.85. The number of benzene rings is 2. The number of ketones is 1. The lowest BCUT2D eigenvalue weighted by atomic mass is 9.72. The predicted octanol–water partition coefficient (Wildman–Crippen LogP) is 5.64. The molecule has 0 aromatic heterocycles. The van der Waals surface area contributed by atoms with Crippen LogP contribution in [-0.2, 0) is 14.3 Å². The lowest BCUT2D eigenvalue weighted by Crippen LogP contribution is -2.36. The third kappa shape index (κ3) is 3.72. The first-order chi connectivity index (χ1) is 14.4. The SMILES string of the molecule is COC(=O)C1=C(C)NC2=C(C(=O)C[C@@H](c3ccccc3Cl)C2)[C@@H]1c1ccc(Br)cc1. The van der Waals surface area contributed by atoms with Crippen LogP contribution in [0.2, 0.25) is 5.02 Å². The lowest BCUT2D eigenvalue weighted by Gasteiger charge is -2.36. The molecule has 0 bridgehead atoms. The number of esters is 1. The van der Waals surface area contributed by atoms with Crippen molar-refractivity contribution < 1.29 is 14.3 Å². The highest BCUT2D eigenvalue weighted by atomic mass is 79.9. The van der Waals surface area contributed by atoms with E-state index < -0.39 is 11.9 Å². The molecule has 0 fully saturated rings. The van der Waals surface area contributed by atoms with E-state index in [2.05, 4.69) is 21.2 Å². The quantitative estimate of drug-likeness (QED) is 0.571. The smallest absolute Gasteiger partial charge is 0.336 e. The molecule has 0 spiro atoms. The van der Waals surface area contributed by atoms with E-state index in [1.165, 1.54) is 7.11 Å². The first-order valence-corrected chi connectivity index (χ1v) is 10.9. The molecule has 2 aromatic carbocycles. The molecule has 30 heavy (non-hydrogen) atoms. The Morgan fingerprint density at radius 2 is 1.83 bits per heavy atom. The van der Waals surface area contributed by atoms with Crippen molar-refractivity contribution in [3.63, 3.8) is 0 Å². The van der Waals surface area contributed by atoms with Crippen molar-refractivity contribution in [2.75, 3.05) is 7.11 Å². The van der Waals surface area contributed by atoms with Crippen LogP contribution in [0, 0.1) is 0 Å². The van der Waals surface area contributed by atoms with Crippen LogP contribution in [0.25, 0.3) is 0 Å². The molecule has 2 atom stereocenters. The number of Topliss-reactive ketones (excluding diaryl/α,β-unsaturated/α-hetero) is 1. The Hall–Kier alpha value is -2.37. The van der Waals surface area contributed by atoms with Gasteiger partial charge >= 0.3 is 5.97 Å². The first kappa shape index (κ1) is 20.9. The molecule has 0 radical (unpaired) electrons. The number of carbonyl (C=O) groups is 2. The van der Waals surface area contributed by atoms with Crippen LogP contribution in [-0.4, -0.2) is 18.9 Å². The molecule has 2 aliphatic rings. The Bertz CT molecular complexity index is 1090. The molecule has 1 aliphatic carbocycles. The molecule has 0 saturated heterocycles. The van der Waals surface area contributed by atoms with Crippen molar-refractivity contribution >= 4 is 39.3 Å². The zero-order valence-corrected chi connectivity index (χ0v) is 19.0. The molecular formula is C24H21BrClNO3. The van der Waals surface area contributed by atoms with Gasteiger partial charge in [0, 0.05) is 38.8 Å². The maximum atomic E-state index is 13.4. The van der Waals surface area contributed by atoms with Crippen LogP contribution >= 0.6 is 27.5 Å². The van der Waals surface area contributed by atoms with Gasteiger partial charge in [-0.3, -0.25) is 4.79 Å². The van der Waals surface area contributed by atoms with Crippen LogP contribution in [0.1, 0.15) is 42.7 Å². The fraction of sp³-hybridized carbons (Fsp3) is 0.250. The van der Waals surface area contributed by atoms with Crippen molar-refractivity contribution in [1.82, 2.24) is 5.32 Å². The molecule has 154 valence electrons. The average Bonchev–Trinajstić information content (AvgIpc) is 2.73. The van der Waals surface area contributed by atoms with E-state index in [0.29, 0.717) is 34.7 Å². The number of methoxy groups -OCH3 is 1. The summed E-state index contributed by atoms with van der Waals surface area (Å²) in [6.07, 6.45) is 1.01. The highest BCUT2D eigenvalue weighted by Gasteiger charge is 2.41. The first-order valence-electron chi connectivity index (χ1n) is 9.73. The van der Waals surface area contributed by atoms with Crippen molar-refractivity contribution in [3.05, 3.63) is 91.7 Å². The average molecular weight is 487 g/mol. The second-order valence-electron chi connectivity index (χ2n) is 7.58. The van der Waals surface area contributed by atoms with Gasteiger partial charge in [-0.05, 0) is 48.6 Å². The molecule has 1 N–H and O–H groups in total. The maximum Gasteiger partial charge on any atom is 0.336 e. The van der Waals surface area contributed by atoms with Gasteiger partial charge in [-0.25, -0.2) is 4.79 Å². The number of dihydropyridines is 1. The summed E-state index contributed by atoms with van der Waals surface area (Å²) in [4.78, 5) is 26.1. The maximum absolute atomic E-state index is 13.4. The number of hydrogen-bond acceptors (Lipinski definition) is 4. The van der Waals surface area contributed by atoms with E-state index in [4.69, 9.17) is 16.3 Å². The van der Waals surface area contributed by atoms with E-state index in [1.54, 1.807) is 0 Å². The molecule has 4 rings (SSSR count). The van der Waals surface area contributed by atoms with Gasteiger partial charge in [0.2, 0.25) is 0 Å². The van der Waals surface area contributed by atoms with Crippen LogP contribution in [0.5, 0.6) is 0 Å². The molecule has 0 amide bonds. The Kier molecular flexibility index (Phi) is 5.85. The standard InChI is InChI=1S/C24H21BrClNO3/c1-13-21(24(29)30-2)22(14-7-9-16(25)10-8-14)23-19(27-13)11-15(12-20(23)28)17-5-3-4-6-18(17)26/h3-10,15,22,27H,11-12H2,1-2H3/t15-,22+/m0/s1. The van der Waals surface area contributed by atoms with Gasteiger partial charge in [0.05, 0.1) is 12.7 Å². The van der Waals surface area contributed by atoms with Gasteiger partial charge in [0.25, 0.3) is 0 Å². The van der Waals surface area contributed by atoms with Gasteiger partial charge < -0.3 is 10.1 Å². The number of hydrogen-bond donors (Lipinski definition) is 1. The van der Waals surface area contributed by atoms with Gasteiger partial charge in [0.1, 0.15) is 0 Å². The Balaban J connectivity index is 1.82. The second kappa shape index (κ2) is 8.40. The van der Waals surface area contributed by atoms with Crippen molar-refractivity contribution in [3.8, 4) is 0 Å². The number of allylic oxidation sites excluding steroid dienone is 3. The van der Waals surface area contributed by atoms with Crippen molar-refractivity contribution in [2.24, 2.45) is 0 Å². The number of rotatable bonds is 3. The van der Waals surface area contributed by atoms with Gasteiger partial charge in [-0.15, -0.1) is 0 Å². The Morgan fingerprint density at radius 1 is 1.13 bits per heavy atom. The van der Waals surface area contributed by atoms with Crippen molar-refractivity contribution in [1.29, 1.82) is 0 Å². The van der Waals surface area contributed by atoms with Crippen LogP contribution in [0.15, 0.2) is 75.5 Å². The summed E-state index contributed by atoms with van der Waals surface area (Å²) in [5, 5.41) is 4.00. The molecular weight excluding hydrogens is 466 g/mol. The monoisotopic (exact) mass is 485 g/mol. The number of nitrogens with one attached hydrogen (secondary N) is 1. The zero-order chi connectivity index (χ0) is 21.4. The van der Waals surface area contributed by atoms with E-state index in [0.717, 1.165) is 21.3 Å². The third-order valence-corrected chi connectivity index (χ3v) is 6.65. The third-order valence-electron chi connectivity index (χ3n) is 5.78. The number of carbonyl (C=O) groups excluding carboxylic acids is 2. The van der Waals surface area contributed by atoms with E-state index in [9.17, 15) is 9.59 Å². The summed E-state index contributed by atoms with van der Waals surface area (Å²) in [7, 11) is 1.36. The Labute approximate surface area is 189 Å². The molecule has 0 saturated carbocycles. The van der Waals surface area contributed by atoms with Crippen molar-refractivity contribution in [2.45, 2.75) is 31.6 Å². The summed E-state index contributed by atoms with van der Waals surface area (Å²) in [5.74, 6) is -0.868. The predicted molar refractivity (Wildman–Crippen MR) is 120 cm³/mol. The summed E-state index contributed by atoms with van der Waals surface area (Å²) >= 11 is 9.86. The zero-order valence-electron chi connectivity index (χ0n) is 16.7. The molecule has 1 aliphatic heterocycles. The van der Waals surface area contributed by atoms with E-state index >= 15 is 0 Å². The number of ether oxygens (including phenoxy) is 1. The minimum Gasteiger partial charge on any atom is -0.466 e. The normalized spacial score (nSPS) is 21.3. The fourth-order valence-electron chi connectivity index (χ4n) is 4.43. The minimum absolute atomic E-state index is 0.00417. The fourth-order valence-corrected chi connectivity index (χ4v) is 4.99. The number of halogens is 2. The summed E-state index contributed by atoms with van der Waals surface area (Å²) in [6, 6.07) is 15.4. The summed E-state index contributed by atoms with van der Waals surface area (Å²) in [5.41, 5.74) is 4.54. The Morgan fingerprint density at radius 3 is 2.50 bits per heavy atom. The molecule has 6 heteroatoms. The van der Waals surface area contributed by atoms with Crippen LogP contribution in [0.3, 0.4) is 0 Å².